The molecule has 11 heteroatoms. The summed E-state index contributed by atoms with van der Waals surface area (Å²) in [5.41, 5.74) is -7.02. The Hall–Kier alpha value is -1.65. The summed E-state index contributed by atoms with van der Waals surface area (Å²) in [6.45, 7) is -0.370. The minimum absolute atomic E-state index is 0.333. The minimum atomic E-state index is -4.86. The number of nitro benzene ring substituents is 1. The van der Waals surface area contributed by atoms with E-state index in [-0.39, 0.29) is 18.3 Å². The van der Waals surface area contributed by atoms with Crippen LogP contribution in [0.4, 0.5) is 37.7 Å². The molecule has 0 heterocycles. The molecule has 0 radical (unpaired) electrons. The van der Waals surface area contributed by atoms with Crippen LogP contribution in [0.3, 0.4) is 0 Å². The Morgan fingerprint density at radius 2 is 1.81 bits per heavy atom. The number of nitrogens with zero attached hydrogens (tertiary/aromatic N) is 1. The van der Waals surface area contributed by atoms with Gasteiger partial charge in [0.1, 0.15) is 0 Å². The van der Waals surface area contributed by atoms with Crippen molar-refractivity contribution < 1.29 is 31.3 Å². The highest BCUT2D eigenvalue weighted by atomic mass is 32.2. The zero-order valence-corrected chi connectivity index (χ0v) is 10.9. The number of non-ortho nitro benzene ring substituents is 1. The third-order valence-corrected chi connectivity index (χ3v) is 2.94. The third kappa shape index (κ3) is 5.69. The molecule has 1 rings (SSSR count). The molecule has 0 spiro atoms. The van der Waals surface area contributed by atoms with Crippen LogP contribution in [0, 0.1) is 10.1 Å². The van der Waals surface area contributed by atoms with Crippen molar-refractivity contribution in [2.75, 3.05) is 17.6 Å². The SMILES string of the molecule is O=[N+]([O-])c1ccc(NCCSC(F)(F)F)c(C(F)(F)F)c1. The summed E-state index contributed by atoms with van der Waals surface area (Å²) in [4.78, 5) is 9.46. The standard InChI is InChI=1S/C10H8F6N2O2S/c11-9(12,13)7-5-6(18(19)20)1-2-8(7)17-3-4-21-10(14,15)16/h1-2,5,17H,3-4H2. The van der Waals surface area contributed by atoms with E-state index in [1.807, 2.05) is 0 Å². The number of hydrogen-bond acceptors (Lipinski definition) is 4. The fourth-order valence-corrected chi connectivity index (χ4v) is 1.82. The number of alkyl halides is 6. The van der Waals surface area contributed by atoms with Crippen molar-refractivity contribution in [2.45, 2.75) is 11.7 Å². The van der Waals surface area contributed by atoms with Crippen LogP contribution < -0.4 is 5.32 Å². The van der Waals surface area contributed by atoms with Crippen molar-refractivity contribution in [3.63, 3.8) is 0 Å². The highest BCUT2D eigenvalue weighted by Crippen LogP contribution is 2.37. The summed E-state index contributed by atoms with van der Waals surface area (Å²) in [6, 6.07) is 1.99. The van der Waals surface area contributed by atoms with Crippen LogP contribution in [0.15, 0.2) is 18.2 Å². The van der Waals surface area contributed by atoms with Gasteiger partial charge in [-0.05, 0) is 17.8 Å². The highest BCUT2D eigenvalue weighted by molar-refractivity contribution is 8.00. The van der Waals surface area contributed by atoms with E-state index in [4.69, 9.17) is 0 Å². The normalized spacial score (nSPS) is 12.3. The van der Waals surface area contributed by atoms with Crippen molar-refractivity contribution in [2.24, 2.45) is 0 Å². The molecule has 0 saturated heterocycles. The van der Waals surface area contributed by atoms with E-state index in [0.717, 1.165) is 12.1 Å². The van der Waals surface area contributed by atoms with E-state index in [2.05, 4.69) is 5.32 Å². The molecule has 21 heavy (non-hydrogen) atoms. The predicted molar refractivity (Wildman–Crippen MR) is 65.1 cm³/mol. The van der Waals surface area contributed by atoms with Gasteiger partial charge in [-0.15, -0.1) is 0 Å². The number of hydrogen-bond donors (Lipinski definition) is 1. The van der Waals surface area contributed by atoms with Crippen molar-refractivity contribution in [3.05, 3.63) is 33.9 Å². The Morgan fingerprint density at radius 1 is 1.19 bits per heavy atom. The summed E-state index contributed by atoms with van der Waals surface area (Å²) >= 11 is -0.378. The monoisotopic (exact) mass is 334 g/mol. The van der Waals surface area contributed by atoms with E-state index in [1.54, 1.807) is 0 Å². The second-order valence-corrected chi connectivity index (χ2v) is 4.87. The molecule has 0 aromatic heterocycles. The van der Waals surface area contributed by atoms with E-state index in [9.17, 15) is 36.5 Å². The maximum absolute atomic E-state index is 12.7. The van der Waals surface area contributed by atoms with Crippen molar-refractivity contribution in [1.29, 1.82) is 0 Å². The van der Waals surface area contributed by atoms with Gasteiger partial charge < -0.3 is 5.32 Å². The first-order valence-electron chi connectivity index (χ1n) is 5.31. The molecule has 0 aliphatic rings. The smallest absolute Gasteiger partial charge is 0.384 e. The molecule has 4 nitrogen and oxygen atoms in total. The predicted octanol–water partition coefficient (Wildman–Crippen LogP) is 4.28. The number of halogens is 6. The number of anilines is 1. The molecule has 0 aliphatic heterocycles. The Bertz CT molecular complexity index is 517. The van der Waals surface area contributed by atoms with Crippen molar-refractivity contribution in [1.82, 2.24) is 0 Å². The molecule has 1 N–H and O–H groups in total. The molecule has 118 valence electrons. The molecule has 0 aliphatic carbocycles. The molecule has 0 saturated carbocycles. The van der Waals surface area contributed by atoms with Gasteiger partial charge in [0.15, 0.2) is 0 Å². The van der Waals surface area contributed by atoms with Crippen LogP contribution in [0.2, 0.25) is 0 Å². The summed E-state index contributed by atoms with van der Waals surface area (Å²) in [5, 5.41) is 12.6. The Balaban J connectivity index is 2.84. The van der Waals surface area contributed by atoms with Crippen LogP contribution >= 0.6 is 11.8 Å². The van der Waals surface area contributed by atoms with Crippen LogP contribution in [0.25, 0.3) is 0 Å². The first-order chi connectivity index (χ1) is 9.50. The summed E-state index contributed by atoms with van der Waals surface area (Å²) in [5.74, 6) is -0.488. The van der Waals surface area contributed by atoms with Gasteiger partial charge in [-0.25, -0.2) is 0 Å². The third-order valence-electron chi connectivity index (χ3n) is 2.20. The number of nitrogens with one attached hydrogen (secondary N) is 1. The van der Waals surface area contributed by atoms with Gasteiger partial charge in [0, 0.05) is 30.1 Å². The van der Waals surface area contributed by atoms with Crippen LogP contribution in [-0.4, -0.2) is 22.7 Å². The maximum atomic E-state index is 12.7. The topological polar surface area (TPSA) is 55.2 Å². The van der Waals surface area contributed by atoms with Crippen LogP contribution in [0.5, 0.6) is 0 Å². The molecule has 1 aromatic carbocycles. The van der Waals surface area contributed by atoms with E-state index < -0.39 is 39.3 Å². The van der Waals surface area contributed by atoms with E-state index in [1.165, 1.54) is 0 Å². The number of nitro groups is 1. The number of benzene rings is 1. The number of thioether (sulfide) groups is 1. The highest BCUT2D eigenvalue weighted by Gasteiger charge is 2.35. The van der Waals surface area contributed by atoms with E-state index >= 15 is 0 Å². The van der Waals surface area contributed by atoms with Gasteiger partial charge in [-0.2, -0.15) is 26.3 Å². The van der Waals surface area contributed by atoms with Crippen LogP contribution in [0.1, 0.15) is 5.56 Å². The van der Waals surface area contributed by atoms with Gasteiger partial charge >= 0.3 is 11.7 Å². The number of rotatable bonds is 5. The van der Waals surface area contributed by atoms with Gasteiger partial charge in [0.05, 0.1) is 10.5 Å². The molecule has 0 unspecified atom stereocenters. The van der Waals surface area contributed by atoms with Crippen LogP contribution in [-0.2, 0) is 6.18 Å². The zero-order valence-electron chi connectivity index (χ0n) is 10.1. The first-order valence-corrected chi connectivity index (χ1v) is 6.29. The molecule has 0 amide bonds. The average molecular weight is 334 g/mol. The molecular weight excluding hydrogens is 326 g/mol. The second-order valence-electron chi connectivity index (χ2n) is 3.71. The summed E-state index contributed by atoms with van der Waals surface area (Å²) < 4.78 is 73.8. The van der Waals surface area contributed by atoms with Gasteiger partial charge in [0.2, 0.25) is 0 Å². The lowest BCUT2D eigenvalue weighted by Crippen LogP contribution is -2.14. The van der Waals surface area contributed by atoms with Crippen molar-refractivity contribution >= 4 is 23.1 Å². The first kappa shape index (κ1) is 17.4. The molecular formula is C10H8F6N2O2S. The lowest BCUT2D eigenvalue weighted by Gasteiger charge is -2.14. The van der Waals surface area contributed by atoms with Gasteiger partial charge in [-0.1, -0.05) is 0 Å². The largest absolute Gasteiger partial charge is 0.441 e. The van der Waals surface area contributed by atoms with Gasteiger partial charge in [0.25, 0.3) is 5.69 Å². The average Bonchev–Trinajstić information content (AvgIpc) is 2.32. The fourth-order valence-electron chi connectivity index (χ4n) is 1.39. The molecule has 0 fully saturated rings. The Labute approximate surface area is 118 Å². The quantitative estimate of drug-likeness (QED) is 0.378. The fraction of sp³-hybridized carbons (Fsp3) is 0.400. The molecule has 0 atom stereocenters. The molecule has 0 bridgehead atoms. The minimum Gasteiger partial charge on any atom is -0.384 e. The summed E-state index contributed by atoms with van der Waals surface area (Å²) in [6.07, 6.45) is -4.86. The lowest BCUT2D eigenvalue weighted by atomic mass is 10.1. The molecule has 1 aromatic rings. The van der Waals surface area contributed by atoms with E-state index in [0.29, 0.717) is 6.07 Å². The van der Waals surface area contributed by atoms with Gasteiger partial charge in [-0.3, -0.25) is 10.1 Å². The Kier molecular flexibility index (Phi) is 5.31. The maximum Gasteiger partial charge on any atom is 0.441 e. The van der Waals surface area contributed by atoms with Crippen molar-refractivity contribution in [3.8, 4) is 0 Å². The Morgan fingerprint density at radius 3 is 2.29 bits per heavy atom. The second kappa shape index (κ2) is 6.41. The summed E-state index contributed by atoms with van der Waals surface area (Å²) in [7, 11) is 0. The lowest BCUT2D eigenvalue weighted by molar-refractivity contribution is -0.385. The zero-order chi connectivity index (χ0) is 16.3.